The smallest absolute Gasteiger partial charge is 0.193 e. The molecule has 1 aromatic rings. The van der Waals surface area contributed by atoms with E-state index in [1.807, 2.05) is 12.1 Å². The third-order valence-corrected chi connectivity index (χ3v) is 5.56. The van der Waals surface area contributed by atoms with E-state index in [4.69, 9.17) is 4.99 Å². The van der Waals surface area contributed by atoms with Crippen LogP contribution in [-0.2, 0) is 6.42 Å². The summed E-state index contributed by atoms with van der Waals surface area (Å²) in [5.41, 5.74) is 1.69. The van der Waals surface area contributed by atoms with Crippen LogP contribution in [0.2, 0.25) is 0 Å². The molecule has 0 atom stereocenters. The molecule has 0 bridgehead atoms. The zero-order valence-electron chi connectivity index (χ0n) is 15.3. The molecule has 1 spiro atoms. The SMILES string of the molecule is CCNC(=NCCc1cccc(O)c1)N1CCC2(CCCCC2)C1.I. The van der Waals surface area contributed by atoms with Crippen LogP contribution in [-0.4, -0.2) is 42.1 Å². The molecule has 1 aliphatic heterocycles. The molecule has 0 radical (unpaired) electrons. The molecule has 1 saturated heterocycles. The Morgan fingerprint density at radius 3 is 2.76 bits per heavy atom. The van der Waals surface area contributed by atoms with E-state index in [1.165, 1.54) is 45.1 Å². The number of aliphatic imine (C=N–C) groups is 1. The van der Waals surface area contributed by atoms with Gasteiger partial charge in [-0.3, -0.25) is 4.99 Å². The Balaban J connectivity index is 0.00000225. The summed E-state index contributed by atoms with van der Waals surface area (Å²) in [7, 11) is 0. The topological polar surface area (TPSA) is 47.9 Å². The van der Waals surface area contributed by atoms with E-state index >= 15 is 0 Å². The van der Waals surface area contributed by atoms with Gasteiger partial charge in [-0.25, -0.2) is 0 Å². The van der Waals surface area contributed by atoms with Crippen molar-refractivity contribution >= 4 is 29.9 Å². The number of likely N-dealkylation sites (tertiary alicyclic amines) is 1. The van der Waals surface area contributed by atoms with Gasteiger partial charge in [-0.2, -0.15) is 0 Å². The molecule has 1 saturated carbocycles. The van der Waals surface area contributed by atoms with Crippen molar-refractivity contribution in [1.82, 2.24) is 10.2 Å². The number of guanidine groups is 1. The molecule has 3 rings (SSSR count). The van der Waals surface area contributed by atoms with E-state index in [9.17, 15) is 5.11 Å². The fourth-order valence-corrected chi connectivity index (χ4v) is 4.25. The van der Waals surface area contributed by atoms with Gasteiger partial charge in [-0.05, 0) is 55.7 Å². The van der Waals surface area contributed by atoms with Crippen LogP contribution in [0.1, 0.15) is 51.0 Å². The van der Waals surface area contributed by atoms with Crippen molar-refractivity contribution in [1.29, 1.82) is 0 Å². The van der Waals surface area contributed by atoms with Gasteiger partial charge in [0.25, 0.3) is 0 Å². The van der Waals surface area contributed by atoms with Gasteiger partial charge in [0.05, 0.1) is 0 Å². The summed E-state index contributed by atoms with van der Waals surface area (Å²) in [6.07, 6.45) is 9.20. The first-order chi connectivity index (χ1) is 11.7. The summed E-state index contributed by atoms with van der Waals surface area (Å²) >= 11 is 0. The maximum absolute atomic E-state index is 9.56. The molecular formula is C20H32IN3O. The number of hydrogen-bond donors (Lipinski definition) is 2. The highest BCUT2D eigenvalue weighted by Crippen LogP contribution is 2.43. The minimum atomic E-state index is 0. The molecule has 1 aromatic carbocycles. The maximum Gasteiger partial charge on any atom is 0.193 e. The van der Waals surface area contributed by atoms with E-state index in [0.717, 1.165) is 37.6 Å². The summed E-state index contributed by atoms with van der Waals surface area (Å²) < 4.78 is 0. The second kappa shape index (κ2) is 9.64. The van der Waals surface area contributed by atoms with Crippen LogP contribution in [0.25, 0.3) is 0 Å². The molecule has 2 N–H and O–H groups in total. The number of phenols is 1. The predicted molar refractivity (Wildman–Crippen MR) is 115 cm³/mol. The molecule has 4 nitrogen and oxygen atoms in total. The van der Waals surface area contributed by atoms with Gasteiger partial charge in [0.15, 0.2) is 5.96 Å². The molecular weight excluding hydrogens is 425 g/mol. The van der Waals surface area contributed by atoms with Gasteiger partial charge >= 0.3 is 0 Å². The number of nitrogens with zero attached hydrogens (tertiary/aromatic N) is 2. The Morgan fingerprint density at radius 1 is 1.24 bits per heavy atom. The first-order valence-electron chi connectivity index (χ1n) is 9.52. The van der Waals surface area contributed by atoms with Crippen LogP contribution in [0, 0.1) is 5.41 Å². The van der Waals surface area contributed by atoms with E-state index in [-0.39, 0.29) is 24.0 Å². The lowest BCUT2D eigenvalue weighted by molar-refractivity contribution is 0.203. The molecule has 0 unspecified atom stereocenters. The summed E-state index contributed by atoms with van der Waals surface area (Å²) in [4.78, 5) is 7.32. The van der Waals surface area contributed by atoms with Crippen LogP contribution in [0.4, 0.5) is 0 Å². The average molecular weight is 457 g/mol. The van der Waals surface area contributed by atoms with Gasteiger partial charge in [-0.1, -0.05) is 31.4 Å². The van der Waals surface area contributed by atoms with E-state index in [1.54, 1.807) is 6.07 Å². The average Bonchev–Trinajstić information content (AvgIpc) is 2.98. The second-order valence-corrected chi connectivity index (χ2v) is 7.39. The van der Waals surface area contributed by atoms with E-state index in [0.29, 0.717) is 11.2 Å². The lowest BCUT2D eigenvalue weighted by Crippen LogP contribution is -2.41. The van der Waals surface area contributed by atoms with Gasteiger partial charge in [0.2, 0.25) is 0 Å². The van der Waals surface area contributed by atoms with Gasteiger partial charge in [-0.15, -0.1) is 24.0 Å². The van der Waals surface area contributed by atoms with Crippen molar-refractivity contribution in [2.75, 3.05) is 26.2 Å². The van der Waals surface area contributed by atoms with Crippen molar-refractivity contribution in [3.8, 4) is 5.75 Å². The van der Waals surface area contributed by atoms with Crippen LogP contribution >= 0.6 is 24.0 Å². The summed E-state index contributed by atoms with van der Waals surface area (Å²) in [6, 6.07) is 7.49. The molecule has 0 amide bonds. The first kappa shape index (κ1) is 20.3. The fourth-order valence-electron chi connectivity index (χ4n) is 4.25. The fraction of sp³-hybridized carbons (Fsp3) is 0.650. The predicted octanol–water partition coefficient (Wildman–Crippen LogP) is 4.17. The number of aromatic hydroxyl groups is 1. The van der Waals surface area contributed by atoms with Crippen molar-refractivity contribution < 1.29 is 5.11 Å². The third-order valence-electron chi connectivity index (χ3n) is 5.56. The molecule has 2 aliphatic rings. The van der Waals surface area contributed by atoms with Crippen molar-refractivity contribution in [2.45, 2.75) is 51.9 Å². The Bertz CT molecular complexity index is 570. The zero-order chi connectivity index (χ0) is 16.8. The van der Waals surface area contributed by atoms with E-state index < -0.39 is 0 Å². The first-order valence-corrected chi connectivity index (χ1v) is 9.52. The number of benzene rings is 1. The standard InChI is InChI=1S/C20H31N3O.HI/c1-2-21-19(22-13-9-17-7-6-8-18(24)15-17)23-14-12-20(16-23)10-4-3-5-11-20;/h6-8,15,24H,2-5,9-14,16H2,1H3,(H,21,22);1H. The van der Waals surface area contributed by atoms with Crippen molar-refractivity contribution in [3.05, 3.63) is 29.8 Å². The third kappa shape index (κ3) is 5.50. The zero-order valence-corrected chi connectivity index (χ0v) is 17.7. The summed E-state index contributed by atoms with van der Waals surface area (Å²) in [6.45, 7) is 6.11. The summed E-state index contributed by atoms with van der Waals surface area (Å²) in [5.74, 6) is 1.40. The Hall–Kier alpha value is -0.980. The number of halogens is 1. The van der Waals surface area contributed by atoms with Crippen molar-refractivity contribution in [3.63, 3.8) is 0 Å². The molecule has 2 fully saturated rings. The highest BCUT2D eigenvalue weighted by molar-refractivity contribution is 14.0. The minimum Gasteiger partial charge on any atom is -0.508 e. The minimum absolute atomic E-state index is 0. The number of phenolic OH excluding ortho intramolecular Hbond substituents is 1. The van der Waals surface area contributed by atoms with Gasteiger partial charge < -0.3 is 15.3 Å². The highest BCUT2D eigenvalue weighted by Gasteiger charge is 2.39. The van der Waals surface area contributed by atoms with Crippen LogP contribution < -0.4 is 5.32 Å². The number of nitrogens with one attached hydrogen (secondary N) is 1. The lowest BCUT2D eigenvalue weighted by Gasteiger charge is -2.33. The van der Waals surface area contributed by atoms with Crippen molar-refractivity contribution in [2.24, 2.45) is 10.4 Å². The quantitative estimate of drug-likeness (QED) is 0.405. The van der Waals surface area contributed by atoms with Gasteiger partial charge in [0.1, 0.15) is 5.75 Å². The lowest BCUT2D eigenvalue weighted by atomic mass is 9.73. The monoisotopic (exact) mass is 457 g/mol. The maximum atomic E-state index is 9.56. The van der Waals surface area contributed by atoms with Gasteiger partial charge in [0, 0.05) is 26.2 Å². The van der Waals surface area contributed by atoms with Crippen LogP contribution in [0.3, 0.4) is 0 Å². The van der Waals surface area contributed by atoms with E-state index in [2.05, 4.69) is 23.2 Å². The highest BCUT2D eigenvalue weighted by atomic mass is 127. The van der Waals surface area contributed by atoms with Crippen LogP contribution in [0.15, 0.2) is 29.3 Å². The Labute approximate surface area is 169 Å². The molecule has 1 aliphatic carbocycles. The Kier molecular flexibility index (Phi) is 7.84. The molecule has 5 heteroatoms. The largest absolute Gasteiger partial charge is 0.508 e. The number of hydrogen-bond acceptors (Lipinski definition) is 2. The molecule has 140 valence electrons. The van der Waals surface area contributed by atoms with Crippen LogP contribution in [0.5, 0.6) is 5.75 Å². The summed E-state index contributed by atoms with van der Waals surface area (Å²) in [5, 5.41) is 13.0. The normalized spacial score (nSPS) is 19.7. The Morgan fingerprint density at radius 2 is 2.04 bits per heavy atom. The number of rotatable bonds is 4. The molecule has 0 aromatic heterocycles. The molecule has 25 heavy (non-hydrogen) atoms. The second-order valence-electron chi connectivity index (χ2n) is 7.39. The molecule has 1 heterocycles.